The Morgan fingerprint density at radius 2 is 2.12 bits per heavy atom. The van der Waals surface area contributed by atoms with E-state index in [0.717, 1.165) is 18.7 Å². The summed E-state index contributed by atoms with van der Waals surface area (Å²) < 4.78 is 0. The first-order chi connectivity index (χ1) is 8.29. The van der Waals surface area contributed by atoms with Crippen LogP contribution in [0.2, 0.25) is 0 Å². The number of aromatic hydroxyl groups is 1. The zero-order valence-corrected chi connectivity index (χ0v) is 10.6. The van der Waals surface area contributed by atoms with Crippen LogP contribution in [0.5, 0.6) is 5.75 Å². The minimum Gasteiger partial charge on any atom is -0.508 e. The van der Waals surface area contributed by atoms with Crippen molar-refractivity contribution in [1.82, 2.24) is 10.3 Å². The molecule has 4 heteroatoms. The summed E-state index contributed by atoms with van der Waals surface area (Å²) in [6, 6.07) is 7.59. The molecule has 1 heterocycles. The van der Waals surface area contributed by atoms with E-state index < -0.39 is 0 Å². The van der Waals surface area contributed by atoms with E-state index in [-0.39, 0.29) is 6.04 Å². The zero-order valence-electron chi connectivity index (χ0n) is 9.76. The molecule has 1 aromatic carbocycles. The van der Waals surface area contributed by atoms with Crippen LogP contribution in [0.4, 0.5) is 0 Å². The summed E-state index contributed by atoms with van der Waals surface area (Å²) in [5.41, 5.74) is 4.14. The summed E-state index contributed by atoms with van der Waals surface area (Å²) >= 11 is 1.62. The third-order valence-electron chi connectivity index (χ3n) is 2.64. The summed E-state index contributed by atoms with van der Waals surface area (Å²) in [6.45, 7) is 3.01. The fourth-order valence-corrected chi connectivity index (χ4v) is 2.40. The van der Waals surface area contributed by atoms with Crippen LogP contribution in [0.1, 0.15) is 24.2 Å². The van der Waals surface area contributed by atoms with Crippen molar-refractivity contribution in [2.75, 3.05) is 6.54 Å². The average molecular weight is 248 g/mol. The summed E-state index contributed by atoms with van der Waals surface area (Å²) in [5.74, 6) is 0.308. The van der Waals surface area contributed by atoms with E-state index in [9.17, 15) is 5.11 Å². The monoisotopic (exact) mass is 248 g/mol. The molecular weight excluding hydrogens is 232 g/mol. The number of hydrogen-bond acceptors (Lipinski definition) is 4. The average Bonchev–Trinajstić information content (AvgIpc) is 2.85. The number of aromatic nitrogens is 1. The van der Waals surface area contributed by atoms with Gasteiger partial charge in [-0.2, -0.15) is 0 Å². The highest BCUT2D eigenvalue weighted by molar-refractivity contribution is 7.07. The molecule has 2 rings (SSSR count). The Kier molecular flexibility index (Phi) is 4.12. The Labute approximate surface area is 105 Å². The number of benzene rings is 1. The van der Waals surface area contributed by atoms with Gasteiger partial charge in [0.2, 0.25) is 0 Å². The van der Waals surface area contributed by atoms with Crippen LogP contribution in [-0.2, 0) is 6.42 Å². The third kappa shape index (κ3) is 3.28. The van der Waals surface area contributed by atoms with E-state index in [1.807, 2.05) is 17.6 Å². The second-order valence-electron chi connectivity index (χ2n) is 3.89. The maximum atomic E-state index is 9.25. The van der Waals surface area contributed by atoms with Crippen LogP contribution >= 0.6 is 11.3 Å². The quantitative estimate of drug-likeness (QED) is 0.855. The highest BCUT2D eigenvalue weighted by Gasteiger charge is 2.12. The second-order valence-corrected chi connectivity index (χ2v) is 4.61. The van der Waals surface area contributed by atoms with Gasteiger partial charge in [0.15, 0.2) is 0 Å². The molecule has 2 aromatic rings. The number of likely N-dealkylation sites (N-methyl/N-ethyl adjacent to an activating group) is 1. The predicted molar refractivity (Wildman–Crippen MR) is 70.3 cm³/mol. The van der Waals surface area contributed by atoms with Gasteiger partial charge in [0.1, 0.15) is 5.75 Å². The van der Waals surface area contributed by atoms with Gasteiger partial charge in [-0.05, 0) is 30.7 Å². The second kappa shape index (κ2) is 5.80. The van der Waals surface area contributed by atoms with Crippen LogP contribution in [0.3, 0.4) is 0 Å². The number of nitrogens with zero attached hydrogens (tertiary/aromatic N) is 1. The van der Waals surface area contributed by atoms with Crippen molar-refractivity contribution in [3.05, 3.63) is 46.4 Å². The highest BCUT2D eigenvalue weighted by atomic mass is 32.1. The van der Waals surface area contributed by atoms with Gasteiger partial charge >= 0.3 is 0 Å². The van der Waals surface area contributed by atoms with E-state index in [4.69, 9.17) is 0 Å². The van der Waals surface area contributed by atoms with Gasteiger partial charge < -0.3 is 10.4 Å². The van der Waals surface area contributed by atoms with E-state index in [1.165, 1.54) is 5.56 Å². The number of phenols is 1. The smallest absolute Gasteiger partial charge is 0.115 e. The van der Waals surface area contributed by atoms with Gasteiger partial charge in [-0.1, -0.05) is 19.1 Å². The topological polar surface area (TPSA) is 45.1 Å². The molecule has 0 bridgehead atoms. The largest absolute Gasteiger partial charge is 0.508 e. The number of rotatable bonds is 5. The molecule has 0 aliphatic carbocycles. The van der Waals surface area contributed by atoms with Crippen molar-refractivity contribution in [2.24, 2.45) is 0 Å². The summed E-state index contributed by atoms with van der Waals surface area (Å²) in [7, 11) is 0. The van der Waals surface area contributed by atoms with Gasteiger partial charge in [0.25, 0.3) is 0 Å². The van der Waals surface area contributed by atoms with Crippen LogP contribution in [0.15, 0.2) is 35.2 Å². The molecule has 0 saturated heterocycles. The van der Waals surface area contributed by atoms with Crippen LogP contribution in [0, 0.1) is 0 Å². The molecule has 1 aromatic heterocycles. The van der Waals surface area contributed by atoms with Crippen molar-refractivity contribution in [1.29, 1.82) is 0 Å². The lowest BCUT2D eigenvalue weighted by Crippen LogP contribution is -2.23. The molecule has 0 aliphatic heterocycles. The van der Waals surface area contributed by atoms with E-state index in [0.29, 0.717) is 5.75 Å². The minimum absolute atomic E-state index is 0.246. The Bertz CT molecular complexity index is 439. The number of phenolic OH excluding ortho intramolecular Hbond substituents is 1. The maximum Gasteiger partial charge on any atom is 0.115 e. The molecule has 1 atom stereocenters. The lowest BCUT2D eigenvalue weighted by molar-refractivity contribution is 0.474. The molecular formula is C13H16N2OS. The lowest BCUT2D eigenvalue weighted by Gasteiger charge is -2.15. The van der Waals surface area contributed by atoms with Crippen molar-refractivity contribution in [3.8, 4) is 5.75 Å². The fourth-order valence-electron chi connectivity index (χ4n) is 1.79. The Morgan fingerprint density at radius 1 is 1.35 bits per heavy atom. The normalized spacial score (nSPS) is 12.5. The van der Waals surface area contributed by atoms with Crippen LogP contribution in [0.25, 0.3) is 0 Å². The first-order valence-corrected chi connectivity index (χ1v) is 6.63. The van der Waals surface area contributed by atoms with Crippen LogP contribution < -0.4 is 5.32 Å². The first kappa shape index (κ1) is 12.1. The molecule has 0 saturated carbocycles. The number of hydrogen-bond donors (Lipinski definition) is 2. The SMILES string of the molecule is CCNC(Cc1ccc(O)cc1)c1cscn1. The molecule has 0 spiro atoms. The molecule has 0 amide bonds. The summed E-state index contributed by atoms with van der Waals surface area (Å²) in [4.78, 5) is 4.36. The van der Waals surface area contributed by atoms with E-state index in [1.54, 1.807) is 23.5 Å². The van der Waals surface area contributed by atoms with Crippen molar-refractivity contribution in [3.63, 3.8) is 0 Å². The molecule has 1 unspecified atom stereocenters. The Morgan fingerprint density at radius 3 is 2.71 bits per heavy atom. The molecule has 0 aliphatic rings. The van der Waals surface area contributed by atoms with E-state index >= 15 is 0 Å². The lowest BCUT2D eigenvalue weighted by atomic mass is 10.0. The Balaban J connectivity index is 2.10. The van der Waals surface area contributed by atoms with Gasteiger partial charge in [-0.3, -0.25) is 0 Å². The standard InChI is InChI=1S/C13H16N2OS/c1-2-14-12(13-8-17-9-15-13)7-10-3-5-11(16)6-4-10/h3-6,8-9,12,14,16H,2,7H2,1H3. The molecule has 0 radical (unpaired) electrons. The van der Waals surface area contributed by atoms with Crippen molar-refractivity contribution >= 4 is 11.3 Å². The molecule has 3 nitrogen and oxygen atoms in total. The minimum atomic E-state index is 0.246. The number of thiazole rings is 1. The van der Waals surface area contributed by atoms with Gasteiger partial charge in [0.05, 0.1) is 17.2 Å². The van der Waals surface area contributed by atoms with Gasteiger partial charge in [0, 0.05) is 5.38 Å². The van der Waals surface area contributed by atoms with E-state index in [2.05, 4.69) is 22.6 Å². The van der Waals surface area contributed by atoms with Crippen LogP contribution in [-0.4, -0.2) is 16.6 Å². The number of nitrogens with one attached hydrogen (secondary N) is 1. The summed E-state index contributed by atoms with van der Waals surface area (Å²) in [5, 5.41) is 14.8. The van der Waals surface area contributed by atoms with Gasteiger partial charge in [-0.15, -0.1) is 11.3 Å². The molecule has 90 valence electrons. The first-order valence-electron chi connectivity index (χ1n) is 5.69. The maximum absolute atomic E-state index is 9.25. The molecule has 0 fully saturated rings. The zero-order chi connectivity index (χ0) is 12.1. The summed E-state index contributed by atoms with van der Waals surface area (Å²) in [6.07, 6.45) is 0.887. The predicted octanol–water partition coefficient (Wildman–Crippen LogP) is 2.74. The van der Waals surface area contributed by atoms with Crippen molar-refractivity contribution < 1.29 is 5.11 Å². The van der Waals surface area contributed by atoms with Gasteiger partial charge in [-0.25, -0.2) is 4.98 Å². The molecule has 17 heavy (non-hydrogen) atoms. The fraction of sp³-hybridized carbons (Fsp3) is 0.308. The molecule has 2 N–H and O–H groups in total. The Hall–Kier alpha value is -1.39. The van der Waals surface area contributed by atoms with Crippen molar-refractivity contribution in [2.45, 2.75) is 19.4 Å². The highest BCUT2D eigenvalue weighted by Crippen LogP contribution is 2.19. The third-order valence-corrected chi connectivity index (χ3v) is 3.24.